The Bertz CT molecular complexity index is 685. The lowest BCUT2D eigenvalue weighted by atomic mass is 9.98. The van der Waals surface area contributed by atoms with E-state index in [0.717, 1.165) is 11.1 Å². The van der Waals surface area contributed by atoms with Crippen molar-refractivity contribution < 1.29 is 24.2 Å². The maximum absolute atomic E-state index is 12.1. The van der Waals surface area contributed by atoms with E-state index in [-0.39, 0.29) is 23.8 Å². The first-order chi connectivity index (χ1) is 12.0. The fraction of sp³-hybridized carbons (Fsp3) is 0.474. The number of carboxylic acid groups (broad SMARTS) is 1. The molecule has 7 nitrogen and oxygen atoms in total. The maximum Gasteiger partial charge on any atom is 0.431 e. The molecule has 1 rings (SSSR count). The third kappa shape index (κ3) is 7.92. The van der Waals surface area contributed by atoms with Crippen LogP contribution in [0.4, 0.5) is 9.59 Å². The molecule has 0 aliphatic carbocycles. The van der Waals surface area contributed by atoms with Crippen molar-refractivity contribution in [2.45, 2.75) is 53.2 Å². The molecule has 0 saturated carbocycles. The Hall–Kier alpha value is -2.70. The molecule has 0 radical (unpaired) electrons. The van der Waals surface area contributed by atoms with Gasteiger partial charge < -0.3 is 15.2 Å². The van der Waals surface area contributed by atoms with Gasteiger partial charge in [-0.05, 0) is 31.9 Å². The minimum atomic E-state index is -1.38. The molecule has 1 aromatic carbocycles. The molecule has 0 bridgehead atoms. The van der Waals surface area contributed by atoms with E-state index < -0.39 is 17.8 Å². The fourth-order valence-electron chi connectivity index (χ4n) is 2.09. The highest BCUT2D eigenvalue weighted by Gasteiger charge is 2.18. The van der Waals surface area contributed by atoms with Crippen LogP contribution in [0, 0.1) is 5.92 Å². The molecule has 0 atom stereocenters. The van der Waals surface area contributed by atoms with Gasteiger partial charge in [-0.25, -0.2) is 9.59 Å². The lowest BCUT2D eigenvalue weighted by molar-refractivity contribution is -0.115. The van der Waals surface area contributed by atoms with Crippen molar-refractivity contribution in [3.8, 4) is 0 Å². The fourth-order valence-corrected chi connectivity index (χ4v) is 2.09. The Morgan fingerprint density at radius 3 is 2.12 bits per heavy atom. The minimum Gasteiger partial charge on any atom is -0.463 e. The Labute approximate surface area is 153 Å². The largest absolute Gasteiger partial charge is 0.463 e. The third-order valence-electron chi connectivity index (χ3n) is 3.27. The van der Waals surface area contributed by atoms with Crippen LogP contribution < -0.4 is 5.32 Å². The number of hydrogen-bond donors (Lipinski definition) is 2. The van der Waals surface area contributed by atoms with Crippen molar-refractivity contribution in [1.29, 1.82) is 0 Å². The number of amides is 2. The van der Waals surface area contributed by atoms with Crippen LogP contribution in [0.3, 0.4) is 0 Å². The predicted molar refractivity (Wildman–Crippen MR) is 98.5 cm³/mol. The average molecular weight is 362 g/mol. The molecule has 1 aromatic rings. The van der Waals surface area contributed by atoms with Crippen LogP contribution >= 0.6 is 0 Å². The molecule has 2 N–H and O–H groups in total. The second-order valence-corrected chi connectivity index (χ2v) is 7.21. The summed E-state index contributed by atoms with van der Waals surface area (Å²) in [5.41, 5.74) is 1.08. The minimum absolute atomic E-state index is 0.0205. The van der Waals surface area contributed by atoms with Crippen LogP contribution in [0.1, 0.15) is 45.7 Å². The lowest BCUT2D eigenvalue weighted by Crippen LogP contribution is -2.32. The van der Waals surface area contributed by atoms with Crippen molar-refractivity contribution >= 4 is 23.7 Å². The second kappa shape index (κ2) is 9.12. The molecule has 0 heterocycles. The number of Topliss-reactive ketones (excluding diaryl/α,β-unsaturated/α-hetero) is 1. The van der Waals surface area contributed by atoms with Crippen molar-refractivity contribution in [3.63, 3.8) is 0 Å². The highest BCUT2D eigenvalue weighted by atomic mass is 16.6. The van der Waals surface area contributed by atoms with Gasteiger partial charge in [0.05, 0.1) is 5.71 Å². The molecule has 2 amide bonds. The van der Waals surface area contributed by atoms with Crippen LogP contribution in [0.5, 0.6) is 0 Å². The van der Waals surface area contributed by atoms with Crippen LogP contribution in [0.2, 0.25) is 0 Å². The quantitative estimate of drug-likeness (QED) is 0.752. The molecule has 142 valence electrons. The summed E-state index contributed by atoms with van der Waals surface area (Å²) in [6.07, 6.45) is -1.74. The molecule has 0 aromatic heterocycles. The maximum atomic E-state index is 12.1. The second-order valence-electron chi connectivity index (χ2n) is 7.21. The van der Waals surface area contributed by atoms with Crippen molar-refractivity contribution in [3.05, 3.63) is 35.4 Å². The van der Waals surface area contributed by atoms with Gasteiger partial charge in [-0.2, -0.15) is 4.99 Å². The number of aliphatic imine (C=N–C) groups is 1. The number of rotatable bonds is 6. The molecule has 0 aliphatic heterocycles. The summed E-state index contributed by atoms with van der Waals surface area (Å²) in [6, 6.07) is 7.14. The molecule has 0 saturated heterocycles. The van der Waals surface area contributed by atoms with E-state index in [0.29, 0.717) is 6.54 Å². The first kappa shape index (κ1) is 21.3. The van der Waals surface area contributed by atoms with Gasteiger partial charge >= 0.3 is 12.2 Å². The molecular weight excluding hydrogens is 336 g/mol. The molecule has 26 heavy (non-hydrogen) atoms. The van der Waals surface area contributed by atoms with Crippen LogP contribution in [0.25, 0.3) is 0 Å². The summed E-state index contributed by atoms with van der Waals surface area (Å²) < 4.78 is 5.16. The van der Waals surface area contributed by atoms with Gasteiger partial charge in [0.1, 0.15) is 5.60 Å². The third-order valence-corrected chi connectivity index (χ3v) is 3.27. The van der Waals surface area contributed by atoms with Gasteiger partial charge in [0.25, 0.3) is 0 Å². The Morgan fingerprint density at radius 1 is 1.12 bits per heavy atom. The molecule has 0 spiro atoms. The van der Waals surface area contributed by atoms with Crippen molar-refractivity contribution in [2.75, 3.05) is 0 Å². The summed E-state index contributed by atoms with van der Waals surface area (Å²) in [6.45, 7) is 9.06. The highest BCUT2D eigenvalue weighted by Crippen LogP contribution is 2.10. The van der Waals surface area contributed by atoms with E-state index in [1.54, 1.807) is 58.9 Å². The van der Waals surface area contributed by atoms with Gasteiger partial charge in [0.2, 0.25) is 0 Å². The predicted octanol–water partition coefficient (Wildman–Crippen LogP) is 3.60. The van der Waals surface area contributed by atoms with Gasteiger partial charge in [0, 0.05) is 18.9 Å². The number of ketones is 1. The number of carbonyl (C=O) groups is 3. The number of benzene rings is 1. The summed E-state index contributed by atoms with van der Waals surface area (Å²) in [5.74, 6) is -0.617. The molecule has 0 unspecified atom stereocenters. The normalized spacial score (nSPS) is 12.0. The standard InChI is InChI=1S/C19H26N2O5/c1-12(2)16(22)15(21-17(23)24)10-13-6-8-14(9-7-13)11-20-18(25)26-19(3,4)5/h6-9,12H,10-11H2,1-5H3,(H,20,25)(H,23,24). The molecule has 7 heteroatoms. The van der Waals surface area contributed by atoms with E-state index in [1.807, 2.05) is 0 Å². The SMILES string of the molecule is CC(C)C(=O)C(Cc1ccc(CNC(=O)OC(C)(C)C)cc1)=NC(=O)O. The highest BCUT2D eigenvalue weighted by molar-refractivity contribution is 6.42. The average Bonchev–Trinajstić information content (AvgIpc) is 2.50. The smallest absolute Gasteiger partial charge is 0.431 e. The zero-order chi connectivity index (χ0) is 19.9. The summed E-state index contributed by atoms with van der Waals surface area (Å²) in [7, 11) is 0. The summed E-state index contributed by atoms with van der Waals surface area (Å²) in [5, 5.41) is 11.5. The zero-order valence-corrected chi connectivity index (χ0v) is 15.8. The monoisotopic (exact) mass is 362 g/mol. The van der Waals surface area contributed by atoms with Crippen molar-refractivity contribution in [2.24, 2.45) is 10.9 Å². The molecule has 0 fully saturated rings. The van der Waals surface area contributed by atoms with Gasteiger partial charge in [0.15, 0.2) is 5.78 Å². The van der Waals surface area contributed by atoms with Crippen LogP contribution in [-0.2, 0) is 22.5 Å². The number of alkyl carbamates (subject to hydrolysis) is 1. The zero-order valence-electron chi connectivity index (χ0n) is 15.8. The van der Waals surface area contributed by atoms with Gasteiger partial charge in [-0.3, -0.25) is 4.79 Å². The Morgan fingerprint density at radius 2 is 1.65 bits per heavy atom. The topological polar surface area (TPSA) is 105 Å². The van der Waals surface area contributed by atoms with Crippen molar-refractivity contribution in [1.82, 2.24) is 5.32 Å². The summed E-state index contributed by atoms with van der Waals surface area (Å²) in [4.78, 5) is 38.0. The number of hydrogen-bond acceptors (Lipinski definition) is 4. The van der Waals surface area contributed by atoms with Crippen LogP contribution in [0.15, 0.2) is 29.3 Å². The number of ether oxygens (including phenoxy) is 1. The van der Waals surface area contributed by atoms with E-state index >= 15 is 0 Å². The number of carbonyl (C=O) groups excluding carboxylic acids is 2. The summed E-state index contributed by atoms with van der Waals surface area (Å²) >= 11 is 0. The Kier molecular flexibility index (Phi) is 7.49. The first-order valence-electron chi connectivity index (χ1n) is 8.37. The molecular formula is C19H26N2O5. The lowest BCUT2D eigenvalue weighted by Gasteiger charge is -2.19. The van der Waals surface area contributed by atoms with E-state index in [4.69, 9.17) is 9.84 Å². The van der Waals surface area contributed by atoms with Gasteiger partial charge in [-0.1, -0.05) is 38.1 Å². The van der Waals surface area contributed by atoms with E-state index in [2.05, 4.69) is 10.3 Å². The number of nitrogens with one attached hydrogen (secondary N) is 1. The van der Waals surface area contributed by atoms with E-state index in [1.165, 1.54) is 0 Å². The van der Waals surface area contributed by atoms with Gasteiger partial charge in [-0.15, -0.1) is 0 Å². The first-order valence-corrected chi connectivity index (χ1v) is 8.37. The number of nitrogens with zero attached hydrogens (tertiary/aromatic N) is 1. The van der Waals surface area contributed by atoms with E-state index in [9.17, 15) is 14.4 Å². The molecule has 0 aliphatic rings. The Balaban J connectivity index is 2.73. The van der Waals surface area contributed by atoms with Crippen LogP contribution in [-0.4, -0.2) is 34.4 Å².